The summed E-state index contributed by atoms with van der Waals surface area (Å²) >= 11 is 0. The van der Waals surface area contributed by atoms with Gasteiger partial charge in [-0.1, -0.05) is 24.3 Å². The van der Waals surface area contributed by atoms with Crippen molar-refractivity contribution in [2.24, 2.45) is 9.98 Å². The van der Waals surface area contributed by atoms with Crippen LogP contribution in [-0.2, 0) is 0 Å². The number of rotatable bonds is 0. The molecule has 4 heteroatoms. The predicted molar refractivity (Wildman–Crippen MR) is 107 cm³/mol. The number of hydrogen-bond donors (Lipinski definition) is 0. The molecule has 0 atom stereocenters. The zero-order valence-electron chi connectivity index (χ0n) is 15.1. The van der Waals surface area contributed by atoms with Crippen molar-refractivity contribution in [3.63, 3.8) is 0 Å². The van der Waals surface area contributed by atoms with E-state index in [4.69, 9.17) is 9.47 Å². The van der Waals surface area contributed by atoms with E-state index in [-0.39, 0.29) is 0 Å². The number of hydrogen-bond acceptors (Lipinski definition) is 4. The summed E-state index contributed by atoms with van der Waals surface area (Å²) in [4.78, 5) is 9.07. The summed E-state index contributed by atoms with van der Waals surface area (Å²) in [7, 11) is 0. The molecule has 0 aromatic heterocycles. The predicted octanol–water partition coefficient (Wildman–Crippen LogP) is 4.56. The molecule has 2 aromatic carbocycles. The van der Waals surface area contributed by atoms with Gasteiger partial charge in [0.05, 0.1) is 13.2 Å². The largest absolute Gasteiger partial charge is 0.493 e. The molecule has 0 fully saturated rings. The average molecular weight is 350 g/mol. The topological polar surface area (TPSA) is 43.2 Å². The van der Waals surface area contributed by atoms with E-state index in [0.29, 0.717) is 13.2 Å². The molecule has 1 aliphatic rings. The van der Waals surface area contributed by atoms with E-state index in [1.807, 2.05) is 61.0 Å². The minimum atomic E-state index is 0.678. The molecular formula is C22H26N2O2. The van der Waals surface area contributed by atoms with Crippen LogP contribution in [0.3, 0.4) is 0 Å². The van der Waals surface area contributed by atoms with Crippen LogP contribution in [0.2, 0.25) is 0 Å². The second-order valence-electron chi connectivity index (χ2n) is 6.26. The summed E-state index contributed by atoms with van der Waals surface area (Å²) in [5.41, 5.74) is 2.08. The monoisotopic (exact) mass is 350 g/mol. The zero-order chi connectivity index (χ0) is 17.9. The van der Waals surface area contributed by atoms with E-state index in [1.54, 1.807) is 0 Å². The maximum absolute atomic E-state index is 5.93. The first-order valence-corrected chi connectivity index (χ1v) is 9.37. The van der Waals surface area contributed by atoms with E-state index in [0.717, 1.165) is 61.4 Å². The third-order valence-electron chi connectivity index (χ3n) is 4.18. The lowest BCUT2D eigenvalue weighted by Gasteiger charge is -2.11. The fourth-order valence-electron chi connectivity index (χ4n) is 2.74. The van der Waals surface area contributed by atoms with Gasteiger partial charge in [-0.25, -0.2) is 0 Å². The molecule has 0 unspecified atom stereocenters. The molecule has 0 amide bonds. The van der Waals surface area contributed by atoms with Crippen LogP contribution in [0, 0.1) is 0 Å². The standard InChI is InChI=1S/C22H26N2O2/c1-3-11-21-19(9-1)17-23-13-5-6-14-24-18-20-10-2-4-12-22(20)26-16-8-7-15-25-21/h1-4,9-12,17-18H,5-8,13-16H2. The Morgan fingerprint density at radius 3 is 1.54 bits per heavy atom. The van der Waals surface area contributed by atoms with Gasteiger partial charge in [0, 0.05) is 36.6 Å². The molecule has 2 aromatic rings. The van der Waals surface area contributed by atoms with E-state index in [2.05, 4.69) is 9.98 Å². The fourth-order valence-corrected chi connectivity index (χ4v) is 2.74. The SMILES string of the molecule is C1=NCCCCN=Cc2ccccc2OCCCCOc2ccccc21. The van der Waals surface area contributed by atoms with E-state index < -0.39 is 0 Å². The van der Waals surface area contributed by atoms with Crippen molar-refractivity contribution in [1.29, 1.82) is 0 Å². The first-order valence-electron chi connectivity index (χ1n) is 9.37. The average Bonchev–Trinajstić information content (AvgIpc) is 2.68. The Morgan fingerprint density at radius 1 is 0.577 bits per heavy atom. The quantitative estimate of drug-likeness (QED) is 0.699. The second-order valence-corrected chi connectivity index (χ2v) is 6.26. The first-order chi connectivity index (χ1) is 12.9. The molecule has 1 heterocycles. The molecule has 0 N–H and O–H groups in total. The van der Waals surface area contributed by atoms with E-state index in [1.165, 1.54) is 0 Å². The Labute approximate surface area is 155 Å². The van der Waals surface area contributed by atoms with Gasteiger partial charge in [-0.2, -0.15) is 0 Å². The Hall–Kier alpha value is -2.62. The molecule has 0 bridgehead atoms. The van der Waals surface area contributed by atoms with Crippen LogP contribution in [0.4, 0.5) is 0 Å². The van der Waals surface area contributed by atoms with Gasteiger partial charge in [0.1, 0.15) is 11.5 Å². The minimum absolute atomic E-state index is 0.678. The maximum Gasteiger partial charge on any atom is 0.128 e. The van der Waals surface area contributed by atoms with Crippen LogP contribution < -0.4 is 9.47 Å². The summed E-state index contributed by atoms with van der Waals surface area (Å²) in [6, 6.07) is 16.1. The van der Waals surface area contributed by atoms with Gasteiger partial charge in [0.2, 0.25) is 0 Å². The van der Waals surface area contributed by atoms with Gasteiger partial charge in [-0.05, 0) is 49.9 Å². The molecule has 4 nitrogen and oxygen atoms in total. The highest BCUT2D eigenvalue weighted by Crippen LogP contribution is 2.18. The number of para-hydroxylation sites is 2. The summed E-state index contributed by atoms with van der Waals surface area (Å²) in [5.74, 6) is 1.79. The van der Waals surface area contributed by atoms with Crippen molar-refractivity contribution in [3.8, 4) is 11.5 Å². The molecule has 136 valence electrons. The lowest BCUT2D eigenvalue weighted by atomic mass is 10.2. The Balaban J connectivity index is 1.65. The van der Waals surface area contributed by atoms with Crippen molar-refractivity contribution < 1.29 is 9.47 Å². The van der Waals surface area contributed by atoms with Crippen LogP contribution >= 0.6 is 0 Å². The molecule has 1 aliphatic heterocycles. The minimum Gasteiger partial charge on any atom is -0.493 e. The molecular weight excluding hydrogens is 324 g/mol. The van der Waals surface area contributed by atoms with Crippen molar-refractivity contribution in [3.05, 3.63) is 59.7 Å². The number of aliphatic imine (C=N–C) groups is 2. The van der Waals surface area contributed by atoms with Crippen molar-refractivity contribution in [1.82, 2.24) is 0 Å². The zero-order valence-corrected chi connectivity index (χ0v) is 15.1. The van der Waals surface area contributed by atoms with Gasteiger partial charge >= 0.3 is 0 Å². The fraction of sp³-hybridized carbons (Fsp3) is 0.364. The van der Waals surface area contributed by atoms with Crippen molar-refractivity contribution in [2.75, 3.05) is 26.3 Å². The summed E-state index contributed by atoms with van der Waals surface area (Å²) in [6.07, 6.45) is 7.77. The van der Waals surface area contributed by atoms with Crippen LogP contribution in [-0.4, -0.2) is 38.7 Å². The maximum atomic E-state index is 5.93. The highest BCUT2D eigenvalue weighted by Gasteiger charge is 2.03. The lowest BCUT2D eigenvalue weighted by Crippen LogP contribution is -2.05. The molecule has 0 saturated heterocycles. The van der Waals surface area contributed by atoms with Gasteiger partial charge in [-0.3, -0.25) is 9.98 Å². The van der Waals surface area contributed by atoms with E-state index >= 15 is 0 Å². The molecule has 0 saturated carbocycles. The van der Waals surface area contributed by atoms with Gasteiger partial charge in [0.25, 0.3) is 0 Å². The Kier molecular flexibility index (Phi) is 7.26. The lowest BCUT2D eigenvalue weighted by molar-refractivity contribution is 0.266. The third-order valence-corrected chi connectivity index (χ3v) is 4.18. The summed E-state index contributed by atoms with van der Waals surface area (Å²) in [5, 5.41) is 0. The highest BCUT2D eigenvalue weighted by atomic mass is 16.5. The molecule has 26 heavy (non-hydrogen) atoms. The van der Waals surface area contributed by atoms with Gasteiger partial charge in [-0.15, -0.1) is 0 Å². The van der Waals surface area contributed by atoms with Crippen LogP contribution in [0.25, 0.3) is 0 Å². The Bertz CT molecular complexity index is 677. The number of ether oxygens (including phenoxy) is 2. The molecule has 0 radical (unpaired) electrons. The van der Waals surface area contributed by atoms with Crippen molar-refractivity contribution >= 4 is 12.4 Å². The van der Waals surface area contributed by atoms with Crippen molar-refractivity contribution in [2.45, 2.75) is 25.7 Å². The normalized spacial score (nSPS) is 16.3. The first kappa shape index (κ1) is 18.2. The second kappa shape index (κ2) is 10.4. The summed E-state index contributed by atoms with van der Waals surface area (Å²) < 4.78 is 11.9. The van der Waals surface area contributed by atoms with Crippen LogP contribution in [0.15, 0.2) is 58.5 Å². The Morgan fingerprint density at radius 2 is 1.04 bits per heavy atom. The molecule has 0 spiro atoms. The van der Waals surface area contributed by atoms with Crippen LogP contribution in [0.5, 0.6) is 11.5 Å². The number of benzene rings is 2. The molecule has 0 aliphatic carbocycles. The van der Waals surface area contributed by atoms with Crippen LogP contribution in [0.1, 0.15) is 36.8 Å². The van der Waals surface area contributed by atoms with Gasteiger partial charge < -0.3 is 9.47 Å². The highest BCUT2D eigenvalue weighted by molar-refractivity contribution is 5.84. The number of nitrogens with zero attached hydrogens (tertiary/aromatic N) is 2. The van der Waals surface area contributed by atoms with Gasteiger partial charge in [0.15, 0.2) is 0 Å². The number of fused-ring (bicyclic) bond motifs is 2. The summed E-state index contributed by atoms with van der Waals surface area (Å²) in [6.45, 7) is 2.97. The third kappa shape index (κ3) is 5.73. The smallest absolute Gasteiger partial charge is 0.128 e. The molecule has 3 rings (SSSR count). The van der Waals surface area contributed by atoms with E-state index in [9.17, 15) is 0 Å².